The fourth-order valence-electron chi connectivity index (χ4n) is 1.26. The molecule has 0 aliphatic rings. The van der Waals surface area contributed by atoms with E-state index >= 15 is 0 Å². The van der Waals surface area contributed by atoms with Gasteiger partial charge < -0.3 is 5.11 Å². The lowest BCUT2D eigenvalue weighted by Gasteiger charge is -2.02. The molecule has 0 spiro atoms. The summed E-state index contributed by atoms with van der Waals surface area (Å²) in [5.74, 6) is 0. The molecule has 15 heavy (non-hydrogen) atoms. The third-order valence-electron chi connectivity index (χ3n) is 1.98. The van der Waals surface area contributed by atoms with Gasteiger partial charge in [-0.25, -0.2) is 4.98 Å². The molecule has 0 atom stereocenters. The van der Waals surface area contributed by atoms with E-state index in [1.807, 2.05) is 24.3 Å². The number of aliphatic hydroxyl groups excluding tert-OH is 1. The van der Waals surface area contributed by atoms with Crippen LogP contribution in [0.5, 0.6) is 0 Å². The average Bonchev–Trinajstić information content (AvgIpc) is 2.29. The topological polar surface area (TPSA) is 46.0 Å². The maximum atomic E-state index is 9.01. The second-order valence-electron chi connectivity index (χ2n) is 3.05. The van der Waals surface area contributed by atoms with Crippen LogP contribution in [-0.2, 0) is 6.61 Å². The molecule has 76 valence electrons. The van der Waals surface area contributed by atoms with Gasteiger partial charge in [0.2, 0.25) is 0 Å². The van der Waals surface area contributed by atoms with Gasteiger partial charge in [0.15, 0.2) is 0 Å². The van der Waals surface area contributed by atoms with E-state index in [0.717, 1.165) is 21.6 Å². The van der Waals surface area contributed by atoms with Crippen molar-refractivity contribution in [2.24, 2.45) is 0 Å². The van der Waals surface area contributed by atoms with Crippen molar-refractivity contribution in [3.8, 4) is 11.4 Å². The molecule has 0 fully saturated rings. The molecule has 3 nitrogen and oxygen atoms in total. The van der Waals surface area contributed by atoms with E-state index in [4.69, 9.17) is 5.11 Å². The van der Waals surface area contributed by atoms with E-state index in [9.17, 15) is 0 Å². The monoisotopic (exact) mass is 264 g/mol. The summed E-state index contributed by atoms with van der Waals surface area (Å²) in [6, 6.07) is 9.25. The summed E-state index contributed by atoms with van der Waals surface area (Å²) < 4.78 is 0.774. The third kappa shape index (κ3) is 2.40. The average molecular weight is 265 g/mol. The number of hydrogen-bond donors (Lipinski definition) is 1. The minimum atomic E-state index is 0.0174. The van der Waals surface area contributed by atoms with Crippen molar-refractivity contribution in [2.75, 3.05) is 0 Å². The zero-order valence-electron chi connectivity index (χ0n) is 7.89. The molecule has 0 aliphatic heterocycles. The summed E-state index contributed by atoms with van der Waals surface area (Å²) in [6.45, 7) is 0.0174. The second-order valence-corrected chi connectivity index (χ2v) is 3.87. The Labute approximate surface area is 96.0 Å². The van der Waals surface area contributed by atoms with Gasteiger partial charge in [0, 0.05) is 6.20 Å². The van der Waals surface area contributed by atoms with Crippen molar-refractivity contribution in [2.45, 2.75) is 6.61 Å². The van der Waals surface area contributed by atoms with E-state index in [1.54, 1.807) is 12.3 Å². The minimum Gasteiger partial charge on any atom is -0.392 e. The number of aliphatic hydroxyl groups is 1. The van der Waals surface area contributed by atoms with E-state index in [2.05, 4.69) is 25.9 Å². The van der Waals surface area contributed by atoms with E-state index < -0.39 is 0 Å². The Morgan fingerprint density at radius 2 is 2.07 bits per heavy atom. The maximum absolute atomic E-state index is 9.01. The van der Waals surface area contributed by atoms with Crippen LogP contribution >= 0.6 is 15.9 Å². The smallest absolute Gasteiger partial charge is 0.106 e. The van der Waals surface area contributed by atoms with Crippen LogP contribution < -0.4 is 0 Å². The van der Waals surface area contributed by atoms with Gasteiger partial charge in [0.25, 0.3) is 0 Å². The molecule has 1 N–H and O–H groups in total. The number of hydrogen-bond acceptors (Lipinski definition) is 3. The summed E-state index contributed by atoms with van der Waals surface area (Å²) in [5.41, 5.74) is 2.39. The zero-order valence-corrected chi connectivity index (χ0v) is 9.48. The first-order valence-electron chi connectivity index (χ1n) is 4.48. The molecule has 2 aromatic rings. The molecule has 4 heteroatoms. The quantitative estimate of drug-likeness (QED) is 0.848. The number of rotatable bonds is 2. The van der Waals surface area contributed by atoms with Gasteiger partial charge in [0.1, 0.15) is 4.60 Å². The van der Waals surface area contributed by atoms with Crippen molar-refractivity contribution in [3.63, 3.8) is 0 Å². The third-order valence-corrected chi connectivity index (χ3v) is 2.43. The van der Waals surface area contributed by atoms with Gasteiger partial charge in [-0.3, -0.25) is 4.98 Å². The lowest BCUT2D eigenvalue weighted by atomic mass is 10.2. The van der Waals surface area contributed by atoms with Gasteiger partial charge in [0.05, 0.1) is 18.0 Å². The standard InChI is InChI=1S/C11H9BrN2O/c12-11-3-1-2-9(14-11)10-6-8(7-15)4-5-13-10/h1-6,15H,7H2. The van der Waals surface area contributed by atoms with Crippen LogP contribution in [0.3, 0.4) is 0 Å². The van der Waals surface area contributed by atoms with Crippen molar-refractivity contribution in [1.82, 2.24) is 9.97 Å². The van der Waals surface area contributed by atoms with Gasteiger partial charge in [-0.1, -0.05) is 6.07 Å². The van der Waals surface area contributed by atoms with Gasteiger partial charge in [-0.05, 0) is 45.8 Å². The van der Waals surface area contributed by atoms with Gasteiger partial charge in [-0.15, -0.1) is 0 Å². The first kappa shape index (κ1) is 10.3. The molecule has 0 aromatic carbocycles. The summed E-state index contributed by atoms with van der Waals surface area (Å²) in [5, 5.41) is 9.01. The van der Waals surface area contributed by atoms with Crippen molar-refractivity contribution < 1.29 is 5.11 Å². The molecule has 0 bridgehead atoms. The molecular formula is C11H9BrN2O. The summed E-state index contributed by atoms with van der Waals surface area (Å²) >= 11 is 3.31. The minimum absolute atomic E-state index is 0.0174. The molecule has 0 radical (unpaired) electrons. The highest BCUT2D eigenvalue weighted by Gasteiger charge is 2.02. The lowest BCUT2D eigenvalue weighted by molar-refractivity contribution is 0.282. The fraction of sp³-hybridized carbons (Fsp3) is 0.0909. The number of pyridine rings is 2. The maximum Gasteiger partial charge on any atom is 0.106 e. The summed E-state index contributed by atoms with van der Waals surface area (Å²) in [7, 11) is 0. The molecule has 0 amide bonds. The Kier molecular flexibility index (Phi) is 3.08. The highest BCUT2D eigenvalue weighted by molar-refractivity contribution is 9.10. The van der Waals surface area contributed by atoms with Crippen LogP contribution in [-0.4, -0.2) is 15.1 Å². The SMILES string of the molecule is OCc1ccnc(-c2cccc(Br)n2)c1. The Balaban J connectivity index is 2.44. The van der Waals surface area contributed by atoms with Gasteiger partial charge >= 0.3 is 0 Å². The first-order chi connectivity index (χ1) is 7.29. The first-order valence-corrected chi connectivity index (χ1v) is 5.27. The van der Waals surface area contributed by atoms with Crippen LogP contribution in [0, 0.1) is 0 Å². The number of nitrogens with zero attached hydrogens (tertiary/aromatic N) is 2. The Morgan fingerprint density at radius 1 is 1.20 bits per heavy atom. The Morgan fingerprint density at radius 3 is 2.80 bits per heavy atom. The van der Waals surface area contributed by atoms with Crippen molar-refractivity contribution >= 4 is 15.9 Å². The van der Waals surface area contributed by atoms with Crippen LogP contribution in [0.2, 0.25) is 0 Å². The summed E-state index contributed by atoms with van der Waals surface area (Å²) in [4.78, 5) is 8.50. The van der Waals surface area contributed by atoms with E-state index in [-0.39, 0.29) is 6.61 Å². The van der Waals surface area contributed by atoms with Gasteiger partial charge in [-0.2, -0.15) is 0 Å². The van der Waals surface area contributed by atoms with Crippen LogP contribution in [0.15, 0.2) is 41.1 Å². The highest BCUT2D eigenvalue weighted by Crippen LogP contribution is 2.17. The molecule has 2 aromatic heterocycles. The highest BCUT2D eigenvalue weighted by atomic mass is 79.9. The summed E-state index contributed by atoms with van der Waals surface area (Å²) in [6.07, 6.45) is 1.67. The predicted octanol–water partition coefficient (Wildman–Crippen LogP) is 2.40. The van der Waals surface area contributed by atoms with Crippen LogP contribution in [0.25, 0.3) is 11.4 Å². The molecule has 2 rings (SSSR count). The largest absolute Gasteiger partial charge is 0.392 e. The second kappa shape index (κ2) is 4.51. The molecule has 0 saturated heterocycles. The molecule has 0 saturated carbocycles. The zero-order chi connectivity index (χ0) is 10.7. The number of aromatic nitrogens is 2. The molecule has 2 heterocycles. The molecular weight excluding hydrogens is 256 g/mol. The molecule has 0 aliphatic carbocycles. The van der Waals surface area contributed by atoms with Crippen molar-refractivity contribution in [3.05, 3.63) is 46.7 Å². The van der Waals surface area contributed by atoms with E-state index in [1.165, 1.54) is 0 Å². The fourth-order valence-corrected chi connectivity index (χ4v) is 1.61. The van der Waals surface area contributed by atoms with Crippen molar-refractivity contribution in [1.29, 1.82) is 0 Å². The Bertz CT molecular complexity index is 474. The lowest BCUT2D eigenvalue weighted by Crippen LogP contribution is -1.90. The molecule has 0 unspecified atom stereocenters. The van der Waals surface area contributed by atoms with E-state index in [0.29, 0.717) is 0 Å². The van der Waals surface area contributed by atoms with Crippen LogP contribution in [0.4, 0.5) is 0 Å². The normalized spacial score (nSPS) is 10.3. The number of halogens is 1. The predicted molar refractivity (Wildman–Crippen MR) is 61.1 cm³/mol. The Hall–Kier alpha value is -1.26. The van der Waals surface area contributed by atoms with Crippen LogP contribution in [0.1, 0.15) is 5.56 Å².